The van der Waals surface area contributed by atoms with Crippen molar-refractivity contribution in [3.63, 3.8) is 0 Å². The molecule has 2 heterocycles. The summed E-state index contributed by atoms with van der Waals surface area (Å²) in [4.78, 5) is 15.9. The van der Waals surface area contributed by atoms with Crippen molar-refractivity contribution >= 4 is 5.91 Å². The molecule has 1 aliphatic carbocycles. The van der Waals surface area contributed by atoms with Crippen LogP contribution in [-0.4, -0.2) is 27.2 Å². The maximum Gasteiger partial charge on any atom is 0.224 e. The molecule has 0 atom stereocenters. The molecule has 1 fully saturated rings. The Morgan fingerprint density at radius 1 is 1.30 bits per heavy atom. The first-order chi connectivity index (χ1) is 9.76. The van der Waals surface area contributed by atoms with Crippen LogP contribution in [0.3, 0.4) is 0 Å². The van der Waals surface area contributed by atoms with E-state index < -0.39 is 0 Å². The molecule has 5 heteroatoms. The Labute approximate surface area is 118 Å². The second-order valence-electron chi connectivity index (χ2n) is 5.51. The zero-order valence-electron chi connectivity index (χ0n) is 11.3. The van der Waals surface area contributed by atoms with E-state index in [9.17, 15) is 4.79 Å². The quantitative estimate of drug-likeness (QED) is 0.863. The third-order valence-corrected chi connectivity index (χ3v) is 3.79. The van der Waals surface area contributed by atoms with Gasteiger partial charge in [-0.1, -0.05) is 0 Å². The van der Waals surface area contributed by atoms with E-state index >= 15 is 0 Å². The van der Waals surface area contributed by atoms with Gasteiger partial charge in [0, 0.05) is 43.3 Å². The fourth-order valence-electron chi connectivity index (χ4n) is 2.34. The van der Waals surface area contributed by atoms with Crippen molar-refractivity contribution in [3.8, 4) is 0 Å². The van der Waals surface area contributed by atoms with Crippen molar-refractivity contribution in [2.24, 2.45) is 5.41 Å². The third kappa shape index (κ3) is 3.23. The van der Waals surface area contributed by atoms with Crippen molar-refractivity contribution in [1.29, 1.82) is 0 Å². The highest BCUT2D eigenvalue weighted by Crippen LogP contribution is 2.46. The maximum atomic E-state index is 11.9. The molecule has 1 aliphatic rings. The van der Waals surface area contributed by atoms with Crippen LogP contribution in [0.15, 0.2) is 43.0 Å². The van der Waals surface area contributed by atoms with Gasteiger partial charge in [-0.25, -0.2) is 0 Å². The lowest BCUT2D eigenvalue weighted by atomic mass is 10.1. The summed E-state index contributed by atoms with van der Waals surface area (Å²) in [7, 11) is 0. The van der Waals surface area contributed by atoms with Crippen LogP contribution in [0.1, 0.15) is 18.4 Å². The van der Waals surface area contributed by atoms with E-state index in [0.29, 0.717) is 6.42 Å². The first kappa shape index (κ1) is 12.8. The molecule has 0 unspecified atom stereocenters. The van der Waals surface area contributed by atoms with Crippen molar-refractivity contribution in [1.82, 2.24) is 20.1 Å². The Morgan fingerprint density at radius 2 is 2.10 bits per heavy atom. The summed E-state index contributed by atoms with van der Waals surface area (Å²) in [5.74, 6) is 0.0722. The maximum absolute atomic E-state index is 11.9. The molecule has 2 aromatic heterocycles. The van der Waals surface area contributed by atoms with Crippen LogP contribution < -0.4 is 5.32 Å². The second-order valence-corrected chi connectivity index (χ2v) is 5.51. The number of hydrogen-bond donors (Lipinski definition) is 1. The number of pyridine rings is 1. The van der Waals surface area contributed by atoms with Crippen LogP contribution in [0, 0.1) is 5.41 Å². The number of carbonyl (C=O) groups excluding carboxylic acids is 1. The Balaban J connectivity index is 1.48. The van der Waals surface area contributed by atoms with Crippen molar-refractivity contribution < 1.29 is 4.79 Å². The molecule has 1 N–H and O–H groups in total. The summed E-state index contributed by atoms with van der Waals surface area (Å²) in [5.41, 5.74) is 1.20. The molecule has 2 aromatic rings. The van der Waals surface area contributed by atoms with Crippen molar-refractivity contribution in [2.45, 2.75) is 25.8 Å². The van der Waals surface area contributed by atoms with E-state index in [1.54, 1.807) is 18.6 Å². The minimum absolute atomic E-state index is 0.0722. The van der Waals surface area contributed by atoms with E-state index in [1.807, 2.05) is 29.1 Å². The zero-order chi connectivity index (χ0) is 13.8. The van der Waals surface area contributed by atoms with Gasteiger partial charge in [0.15, 0.2) is 0 Å². The Bertz CT molecular complexity index is 561. The molecule has 0 spiro atoms. The van der Waals surface area contributed by atoms with Gasteiger partial charge >= 0.3 is 0 Å². The van der Waals surface area contributed by atoms with E-state index in [1.165, 1.54) is 0 Å². The van der Waals surface area contributed by atoms with E-state index in [4.69, 9.17) is 0 Å². The van der Waals surface area contributed by atoms with Crippen molar-refractivity contribution in [2.75, 3.05) is 6.54 Å². The Kier molecular flexibility index (Phi) is 3.50. The van der Waals surface area contributed by atoms with Crippen LogP contribution in [-0.2, 0) is 17.8 Å². The summed E-state index contributed by atoms with van der Waals surface area (Å²) in [6, 6.07) is 5.67. The summed E-state index contributed by atoms with van der Waals surface area (Å²) in [5, 5.41) is 7.28. The molecule has 1 saturated carbocycles. The molecule has 104 valence electrons. The van der Waals surface area contributed by atoms with Gasteiger partial charge in [0.2, 0.25) is 5.91 Å². The lowest BCUT2D eigenvalue weighted by Crippen LogP contribution is -2.33. The summed E-state index contributed by atoms with van der Waals surface area (Å²) < 4.78 is 1.95. The van der Waals surface area contributed by atoms with Gasteiger partial charge in [-0.2, -0.15) is 5.10 Å². The summed E-state index contributed by atoms with van der Waals surface area (Å²) in [6.45, 7) is 1.62. The SMILES string of the molecule is O=C(Cc1ccncc1)NCC1(Cn2cccn2)CC1. The lowest BCUT2D eigenvalue weighted by Gasteiger charge is -2.16. The van der Waals surface area contributed by atoms with Gasteiger partial charge in [-0.15, -0.1) is 0 Å². The van der Waals surface area contributed by atoms with Gasteiger partial charge in [-0.3, -0.25) is 14.5 Å². The van der Waals surface area contributed by atoms with Crippen LogP contribution in [0.4, 0.5) is 0 Å². The Hall–Kier alpha value is -2.17. The number of rotatable bonds is 6. The minimum atomic E-state index is 0.0722. The topological polar surface area (TPSA) is 59.8 Å². The van der Waals surface area contributed by atoms with Crippen LogP contribution >= 0.6 is 0 Å². The first-order valence-corrected chi connectivity index (χ1v) is 6.89. The van der Waals surface area contributed by atoms with Gasteiger partial charge in [-0.05, 0) is 36.6 Å². The number of aromatic nitrogens is 3. The highest BCUT2D eigenvalue weighted by atomic mass is 16.1. The normalized spacial score (nSPS) is 15.8. The third-order valence-electron chi connectivity index (χ3n) is 3.79. The highest BCUT2D eigenvalue weighted by molar-refractivity contribution is 5.78. The second kappa shape index (κ2) is 5.45. The fraction of sp³-hybridized carbons (Fsp3) is 0.400. The van der Waals surface area contributed by atoms with Crippen LogP contribution in [0.2, 0.25) is 0 Å². The molecule has 1 amide bonds. The molecule has 5 nitrogen and oxygen atoms in total. The summed E-state index contributed by atoms with van der Waals surface area (Å²) in [6.07, 6.45) is 9.91. The smallest absolute Gasteiger partial charge is 0.224 e. The standard InChI is InChI=1S/C15H18N4O/c20-14(10-13-2-7-16-8-3-13)17-11-15(4-5-15)12-19-9-1-6-18-19/h1-3,6-9H,4-5,10-12H2,(H,17,20). The molecule has 0 radical (unpaired) electrons. The minimum Gasteiger partial charge on any atom is -0.355 e. The van der Waals surface area contributed by atoms with Gasteiger partial charge < -0.3 is 5.32 Å². The average molecular weight is 270 g/mol. The molecule has 0 aliphatic heterocycles. The first-order valence-electron chi connectivity index (χ1n) is 6.89. The molecule has 0 aromatic carbocycles. The largest absolute Gasteiger partial charge is 0.355 e. The molecule has 20 heavy (non-hydrogen) atoms. The predicted molar refractivity (Wildman–Crippen MR) is 74.8 cm³/mol. The van der Waals surface area contributed by atoms with E-state index in [-0.39, 0.29) is 11.3 Å². The highest BCUT2D eigenvalue weighted by Gasteiger charge is 2.43. The fourth-order valence-corrected chi connectivity index (χ4v) is 2.34. The number of hydrogen-bond acceptors (Lipinski definition) is 3. The van der Waals surface area contributed by atoms with E-state index in [2.05, 4.69) is 15.4 Å². The number of amides is 1. The van der Waals surface area contributed by atoms with Crippen molar-refractivity contribution in [3.05, 3.63) is 48.5 Å². The zero-order valence-corrected chi connectivity index (χ0v) is 11.3. The van der Waals surface area contributed by atoms with Gasteiger partial charge in [0.05, 0.1) is 6.42 Å². The number of nitrogens with zero attached hydrogens (tertiary/aromatic N) is 3. The molecular weight excluding hydrogens is 252 g/mol. The lowest BCUT2D eigenvalue weighted by molar-refractivity contribution is -0.120. The number of nitrogens with one attached hydrogen (secondary N) is 1. The number of carbonyl (C=O) groups is 1. The average Bonchev–Trinajstić information content (AvgIpc) is 3.02. The summed E-state index contributed by atoms with van der Waals surface area (Å²) >= 11 is 0. The van der Waals surface area contributed by atoms with Crippen LogP contribution in [0.25, 0.3) is 0 Å². The van der Waals surface area contributed by atoms with Gasteiger partial charge in [0.25, 0.3) is 0 Å². The molecule has 0 saturated heterocycles. The Morgan fingerprint density at radius 3 is 2.75 bits per heavy atom. The molecule has 0 bridgehead atoms. The monoisotopic (exact) mass is 270 g/mol. The molecule has 3 rings (SSSR count). The van der Waals surface area contributed by atoms with Crippen LogP contribution in [0.5, 0.6) is 0 Å². The van der Waals surface area contributed by atoms with Gasteiger partial charge in [0.1, 0.15) is 0 Å². The predicted octanol–water partition coefficient (Wildman–Crippen LogP) is 1.42. The molecular formula is C15H18N4O. The van der Waals surface area contributed by atoms with E-state index in [0.717, 1.165) is 31.5 Å².